The van der Waals surface area contributed by atoms with Gasteiger partial charge in [0.15, 0.2) is 0 Å². The van der Waals surface area contributed by atoms with Crippen LogP contribution < -0.4 is 0 Å². The highest BCUT2D eigenvalue weighted by Gasteiger charge is 2.25. The number of carbonyl (C=O) groups is 1. The third-order valence-corrected chi connectivity index (χ3v) is 5.93. The largest absolute Gasteiger partial charge is 0.341 e. The van der Waals surface area contributed by atoms with Crippen molar-refractivity contribution in [1.82, 2.24) is 9.21 Å². The maximum absolute atomic E-state index is 12.4. The van der Waals surface area contributed by atoms with Crippen molar-refractivity contribution in [3.05, 3.63) is 34.9 Å². The summed E-state index contributed by atoms with van der Waals surface area (Å²) in [5, 5.41) is 0.612. The molecule has 1 heterocycles. The number of sulfonamides is 1. The Morgan fingerprint density at radius 1 is 1.23 bits per heavy atom. The topological polar surface area (TPSA) is 57.7 Å². The monoisotopic (exact) mass is 344 g/mol. The zero-order chi connectivity index (χ0) is 16.2. The minimum absolute atomic E-state index is 0.0120. The van der Waals surface area contributed by atoms with E-state index in [0.717, 1.165) is 5.56 Å². The molecule has 0 aromatic heterocycles. The summed E-state index contributed by atoms with van der Waals surface area (Å²) >= 11 is 5.93. The minimum Gasteiger partial charge on any atom is -0.341 e. The Morgan fingerprint density at radius 2 is 2.00 bits per heavy atom. The molecule has 1 fully saturated rings. The summed E-state index contributed by atoms with van der Waals surface area (Å²) in [6.45, 7) is 3.53. The molecule has 22 heavy (non-hydrogen) atoms. The lowest BCUT2D eigenvalue weighted by Gasteiger charge is -2.21. The maximum atomic E-state index is 12.4. The van der Waals surface area contributed by atoms with Crippen LogP contribution in [0.1, 0.15) is 18.9 Å². The predicted molar refractivity (Wildman–Crippen MR) is 87.4 cm³/mol. The molecule has 1 aliphatic rings. The van der Waals surface area contributed by atoms with Gasteiger partial charge in [-0.05, 0) is 31.0 Å². The molecule has 2 rings (SSSR count). The van der Waals surface area contributed by atoms with Crippen LogP contribution >= 0.6 is 11.6 Å². The van der Waals surface area contributed by atoms with Gasteiger partial charge in [-0.3, -0.25) is 4.79 Å². The molecule has 0 N–H and O–H groups in total. The van der Waals surface area contributed by atoms with Crippen molar-refractivity contribution < 1.29 is 13.2 Å². The zero-order valence-corrected chi connectivity index (χ0v) is 14.2. The molecule has 122 valence electrons. The Balaban J connectivity index is 1.97. The van der Waals surface area contributed by atoms with Crippen LogP contribution in [0.5, 0.6) is 0 Å². The predicted octanol–water partition coefficient (Wildman–Crippen LogP) is 1.77. The SMILES string of the molecule is CCS(=O)(=O)N1CCCN(C(=O)Cc2cccc(Cl)c2)CC1. The average molecular weight is 345 g/mol. The fraction of sp³-hybridized carbons (Fsp3) is 0.533. The summed E-state index contributed by atoms with van der Waals surface area (Å²) in [7, 11) is -3.18. The zero-order valence-electron chi connectivity index (χ0n) is 12.7. The third kappa shape index (κ3) is 4.44. The van der Waals surface area contributed by atoms with Crippen LogP contribution in [0.25, 0.3) is 0 Å². The number of amides is 1. The van der Waals surface area contributed by atoms with Crippen molar-refractivity contribution in [1.29, 1.82) is 0 Å². The second-order valence-corrected chi connectivity index (χ2v) is 8.03. The van der Waals surface area contributed by atoms with Crippen molar-refractivity contribution in [2.24, 2.45) is 0 Å². The van der Waals surface area contributed by atoms with Crippen molar-refractivity contribution in [2.45, 2.75) is 19.8 Å². The smallest absolute Gasteiger partial charge is 0.227 e. The Labute approximate surface area is 136 Å². The first-order valence-corrected chi connectivity index (χ1v) is 9.41. The Bertz CT molecular complexity index is 633. The first-order chi connectivity index (χ1) is 10.4. The molecular formula is C15H21ClN2O3S. The van der Waals surface area contributed by atoms with E-state index in [2.05, 4.69) is 0 Å². The molecule has 1 saturated heterocycles. The van der Waals surface area contributed by atoms with Crippen LogP contribution in [0, 0.1) is 0 Å². The average Bonchev–Trinajstić information content (AvgIpc) is 2.73. The maximum Gasteiger partial charge on any atom is 0.227 e. The van der Waals surface area contributed by atoms with Crippen LogP contribution in [0.2, 0.25) is 5.02 Å². The van der Waals surface area contributed by atoms with Crippen LogP contribution in [-0.4, -0.2) is 55.5 Å². The number of rotatable bonds is 4. The van der Waals surface area contributed by atoms with E-state index in [1.807, 2.05) is 12.1 Å². The number of carbonyl (C=O) groups excluding carboxylic acids is 1. The van der Waals surface area contributed by atoms with E-state index in [1.54, 1.807) is 24.0 Å². The molecule has 5 nitrogen and oxygen atoms in total. The number of halogens is 1. The Kier molecular flexibility index (Phi) is 5.83. The second kappa shape index (κ2) is 7.44. The Morgan fingerprint density at radius 3 is 2.68 bits per heavy atom. The third-order valence-electron chi connectivity index (χ3n) is 3.81. The summed E-state index contributed by atoms with van der Waals surface area (Å²) < 4.78 is 25.3. The lowest BCUT2D eigenvalue weighted by atomic mass is 10.1. The number of hydrogen-bond donors (Lipinski definition) is 0. The van der Waals surface area contributed by atoms with E-state index >= 15 is 0 Å². The van der Waals surface area contributed by atoms with E-state index in [9.17, 15) is 13.2 Å². The molecule has 1 amide bonds. The first kappa shape index (κ1) is 17.2. The molecule has 0 bridgehead atoms. The van der Waals surface area contributed by atoms with Crippen LogP contribution in [0.4, 0.5) is 0 Å². The molecule has 1 aromatic rings. The summed E-state index contributed by atoms with van der Waals surface area (Å²) in [6.07, 6.45) is 0.960. The summed E-state index contributed by atoms with van der Waals surface area (Å²) in [5.74, 6) is 0.113. The van der Waals surface area contributed by atoms with Crippen molar-refractivity contribution >= 4 is 27.5 Å². The molecule has 0 aliphatic carbocycles. The molecule has 0 saturated carbocycles. The van der Waals surface area contributed by atoms with Gasteiger partial charge in [-0.2, -0.15) is 0 Å². The summed E-state index contributed by atoms with van der Waals surface area (Å²) in [5.41, 5.74) is 0.875. The normalized spacial score (nSPS) is 17.3. The van der Waals surface area contributed by atoms with Gasteiger partial charge in [0.25, 0.3) is 0 Å². The number of hydrogen-bond acceptors (Lipinski definition) is 3. The van der Waals surface area contributed by atoms with E-state index < -0.39 is 10.0 Å². The van der Waals surface area contributed by atoms with E-state index in [4.69, 9.17) is 11.6 Å². The molecule has 1 aromatic carbocycles. The lowest BCUT2D eigenvalue weighted by Crippen LogP contribution is -2.38. The minimum atomic E-state index is -3.18. The van der Waals surface area contributed by atoms with Crippen molar-refractivity contribution in [2.75, 3.05) is 31.9 Å². The van der Waals surface area contributed by atoms with Crippen LogP contribution in [0.3, 0.4) is 0 Å². The molecule has 0 unspecified atom stereocenters. The number of nitrogens with zero attached hydrogens (tertiary/aromatic N) is 2. The van der Waals surface area contributed by atoms with Gasteiger partial charge in [-0.25, -0.2) is 12.7 Å². The molecule has 1 aliphatic heterocycles. The van der Waals surface area contributed by atoms with E-state index in [0.29, 0.717) is 44.0 Å². The fourth-order valence-corrected chi connectivity index (χ4v) is 3.88. The molecular weight excluding hydrogens is 324 g/mol. The van der Waals surface area contributed by atoms with Gasteiger partial charge in [-0.15, -0.1) is 0 Å². The lowest BCUT2D eigenvalue weighted by molar-refractivity contribution is -0.130. The highest BCUT2D eigenvalue weighted by atomic mass is 35.5. The van der Waals surface area contributed by atoms with Gasteiger partial charge in [0.1, 0.15) is 0 Å². The highest BCUT2D eigenvalue weighted by molar-refractivity contribution is 7.89. The van der Waals surface area contributed by atoms with Gasteiger partial charge in [-0.1, -0.05) is 23.7 Å². The van der Waals surface area contributed by atoms with Crippen LogP contribution in [-0.2, 0) is 21.2 Å². The fourth-order valence-electron chi connectivity index (χ4n) is 2.54. The summed E-state index contributed by atoms with van der Waals surface area (Å²) in [6, 6.07) is 7.25. The molecule has 0 radical (unpaired) electrons. The van der Waals surface area contributed by atoms with Gasteiger partial charge in [0.2, 0.25) is 15.9 Å². The standard InChI is InChI=1S/C15H21ClN2O3S/c1-2-22(20,21)18-8-4-7-17(9-10-18)15(19)12-13-5-3-6-14(16)11-13/h3,5-6,11H,2,4,7-10,12H2,1H3. The highest BCUT2D eigenvalue weighted by Crippen LogP contribution is 2.14. The van der Waals surface area contributed by atoms with Crippen molar-refractivity contribution in [3.8, 4) is 0 Å². The second-order valence-electron chi connectivity index (χ2n) is 5.34. The van der Waals surface area contributed by atoms with E-state index in [-0.39, 0.29) is 11.7 Å². The van der Waals surface area contributed by atoms with Gasteiger partial charge < -0.3 is 4.90 Å². The quantitative estimate of drug-likeness (QED) is 0.836. The molecule has 7 heteroatoms. The van der Waals surface area contributed by atoms with Crippen molar-refractivity contribution in [3.63, 3.8) is 0 Å². The van der Waals surface area contributed by atoms with Gasteiger partial charge in [0.05, 0.1) is 12.2 Å². The van der Waals surface area contributed by atoms with Gasteiger partial charge >= 0.3 is 0 Å². The molecule has 0 atom stereocenters. The number of benzene rings is 1. The van der Waals surface area contributed by atoms with E-state index in [1.165, 1.54) is 4.31 Å². The van der Waals surface area contributed by atoms with Crippen LogP contribution in [0.15, 0.2) is 24.3 Å². The van der Waals surface area contributed by atoms with Gasteiger partial charge in [0, 0.05) is 31.2 Å². The summed E-state index contributed by atoms with van der Waals surface area (Å²) in [4.78, 5) is 14.1. The Hall–Kier alpha value is -1.11. The first-order valence-electron chi connectivity index (χ1n) is 7.42. The molecule has 0 spiro atoms.